The SMILES string of the molecule is CNC1CC(C(F)(F)F)CN(C(C)C)C1. The normalized spacial score (nSPS) is 29.8. The lowest BCUT2D eigenvalue weighted by Crippen LogP contribution is -2.53. The molecule has 1 N–H and O–H groups in total. The van der Waals surface area contributed by atoms with Gasteiger partial charge in [0.05, 0.1) is 5.92 Å². The van der Waals surface area contributed by atoms with E-state index in [0.717, 1.165) is 0 Å². The first-order valence-corrected chi connectivity index (χ1v) is 5.32. The van der Waals surface area contributed by atoms with Gasteiger partial charge in [-0.15, -0.1) is 0 Å². The van der Waals surface area contributed by atoms with Crippen molar-refractivity contribution in [1.29, 1.82) is 0 Å². The summed E-state index contributed by atoms with van der Waals surface area (Å²) in [6.45, 7) is 4.72. The van der Waals surface area contributed by atoms with Crippen molar-refractivity contribution in [3.63, 3.8) is 0 Å². The molecule has 2 atom stereocenters. The zero-order chi connectivity index (χ0) is 11.6. The molecule has 0 amide bonds. The minimum absolute atomic E-state index is 0.0484. The molecule has 1 aliphatic heterocycles. The molecule has 1 fully saturated rings. The summed E-state index contributed by atoms with van der Waals surface area (Å²) in [5.41, 5.74) is 0. The Kier molecular flexibility index (Phi) is 4.00. The Balaban J connectivity index is 2.67. The Bertz CT molecular complexity index is 203. The van der Waals surface area contributed by atoms with E-state index in [1.165, 1.54) is 0 Å². The number of hydrogen-bond donors (Lipinski definition) is 1. The fourth-order valence-corrected chi connectivity index (χ4v) is 2.00. The molecule has 5 heteroatoms. The van der Waals surface area contributed by atoms with Gasteiger partial charge in [0.1, 0.15) is 0 Å². The number of nitrogens with one attached hydrogen (secondary N) is 1. The minimum atomic E-state index is -4.07. The van der Waals surface area contributed by atoms with Gasteiger partial charge in [0.25, 0.3) is 0 Å². The summed E-state index contributed by atoms with van der Waals surface area (Å²) in [5.74, 6) is -1.19. The van der Waals surface area contributed by atoms with Crippen LogP contribution >= 0.6 is 0 Å². The van der Waals surface area contributed by atoms with Crippen LogP contribution in [-0.2, 0) is 0 Å². The molecule has 1 saturated heterocycles. The van der Waals surface area contributed by atoms with Crippen LogP contribution in [0.25, 0.3) is 0 Å². The van der Waals surface area contributed by atoms with E-state index in [1.54, 1.807) is 7.05 Å². The van der Waals surface area contributed by atoms with E-state index in [9.17, 15) is 13.2 Å². The number of rotatable bonds is 2. The molecular formula is C10H19F3N2. The highest BCUT2D eigenvalue weighted by Gasteiger charge is 2.44. The van der Waals surface area contributed by atoms with Crippen LogP contribution in [-0.4, -0.2) is 43.3 Å². The summed E-state index contributed by atoms with van der Waals surface area (Å²) in [6.07, 6.45) is -3.87. The van der Waals surface area contributed by atoms with E-state index in [2.05, 4.69) is 5.32 Å². The summed E-state index contributed by atoms with van der Waals surface area (Å²) >= 11 is 0. The summed E-state index contributed by atoms with van der Waals surface area (Å²) in [5, 5.41) is 2.95. The van der Waals surface area contributed by atoms with Crippen LogP contribution in [0.1, 0.15) is 20.3 Å². The summed E-state index contributed by atoms with van der Waals surface area (Å²) in [6, 6.07) is 0.124. The monoisotopic (exact) mass is 224 g/mol. The first kappa shape index (κ1) is 12.8. The predicted octanol–water partition coefficient (Wildman–Crippen LogP) is 1.87. The predicted molar refractivity (Wildman–Crippen MR) is 53.7 cm³/mol. The summed E-state index contributed by atoms with van der Waals surface area (Å²) in [4.78, 5) is 1.89. The van der Waals surface area contributed by atoms with Crippen LogP contribution in [0.15, 0.2) is 0 Å². The molecule has 0 aromatic carbocycles. The van der Waals surface area contributed by atoms with E-state index < -0.39 is 12.1 Å². The van der Waals surface area contributed by atoms with Crippen molar-refractivity contribution in [3.05, 3.63) is 0 Å². The maximum atomic E-state index is 12.6. The third kappa shape index (κ3) is 3.34. The average Bonchev–Trinajstić information content (AvgIpc) is 2.15. The van der Waals surface area contributed by atoms with Crippen LogP contribution in [0.5, 0.6) is 0 Å². The van der Waals surface area contributed by atoms with Crippen LogP contribution in [0, 0.1) is 5.92 Å². The number of halogens is 3. The molecule has 0 aromatic heterocycles. The van der Waals surface area contributed by atoms with Crippen LogP contribution in [0.4, 0.5) is 13.2 Å². The fourth-order valence-electron chi connectivity index (χ4n) is 2.00. The van der Waals surface area contributed by atoms with Crippen molar-refractivity contribution in [2.24, 2.45) is 5.92 Å². The number of piperidine rings is 1. The molecule has 0 aliphatic carbocycles. The second kappa shape index (κ2) is 4.70. The third-order valence-electron chi connectivity index (χ3n) is 3.08. The Hall–Kier alpha value is -0.290. The van der Waals surface area contributed by atoms with Gasteiger partial charge in [0.15, 0.2) is 0 Å². The molecule has 1 aliphatic rings. The topological polar surface area (TPSA) is 15.3 Å². The van der Waals surface area contributed by atoms with Crippen molar-refractivity contribution in [2.45, 2.75) is 38.5 Å². The van der Waals surface area contributed by atoms with Gasteiger partial charge in [-0.1, -0.05) is 0 Å². The molecular weight excluding hydrogens is 205 g/mol. The zero-order valence-electron chi connectivity index (χ0n) is 9.43. The van der Waals surface area contributed by atoms with Gasteiger partial charge in [-0.05, 0) is 27.3 Å². The van der Waals surface area contributed by atoms with Gasteiger partial charge >= 0.3 is 6.18 Å². The summed E-state index contributed by atoms with van der Waals surface area (Å²) < 4.78 is 37.9. The van der Waals surface area contributed by atoms with E-state index in [1.807, 2.05) is 18.7 Å². The summed E-state index contributed by atoms with van der Waals surface area (Å²) in [7, 11) is 1.72. The molecule has 0 saturated carbocycles. The van der Waals surface area contributed by atoms with Crippen LogP contribution < -0.4 is 5.32 Å². The lowest BCUT2D eigenvalue weighted by molar-refractivity contribution is -0.190. The van der Waals surface area contributed by atoms with Crippen molar-refractivity contribution in [3.8, 4) is 0 Å². The number of likely N-dealkylation sites (tertiary alicyclic amines) is 1. The van der Waals surface area contributed by atoms with Gasteiger partial charge < -0.3 is 5.32 Å². The largest absolute Gasteiger partial charge is 0.393 e. The van der Waals surface area contributed by atoms with Gasteiger partial charge in [-0.3, -0.25) is 4.90 Å². The first-order valence-electron chi connectivity index (χ1n) is 5.32. The van der Waals surface area contributed by atoms with E-state index in [0.29, 0.717) is 6.54 Å². The van der Waals surface area contributed by atoms with Crippen molar-refractivity contribution in [1.82, 2.24) is 10.2 Å². The first-order chi connectivity index (χ1) is 6.84. The Morgan fingerprint density at radius 2 is 1.87 bits per heavy atom. The second-order valence-corrected chi connectivity index (χ2v) is 4.51. The molecule has 1 rings (SSSR count). The van der Waals surface area contributed by atoms with Crippen molar-refractivity contribution >= 4 is 0 Å². The molecule has 90 valence electrons. The molecule has 0 bridgehead atoms. The lowest BCUT2D eigenvalue weighted by atomic mass is 9.93. The van der Waals surface area contributed by atoms with Crippen LogP contribution in [0.2, 0.25) is 0 Å². The molecule has 15 heavy (non-hydrogen) atoms. The molecule has 0 radical (unpaired) electrons. The zero-order valence-corrected chi connectivity index (χ0v) is 9.43. The standard InChI is InChI=1S/C10H19F3N2/c1-7(2)15-5-8(10(11,12)13)4-9(6-15)14-3/h7-9,14H,4-6H2,1-3H3. The highest BCUT2D eigenvalue weighted by atomic mass is 19.4. The van der Waals surface area contributed by atoms with E-state index >= 15 is 0 Å². The highest BCUT2D eigenvalue weighted by molar-refractivity contribution is 4.87. The van der Waals surface area contributed by atoms with Crippen molar-refractivity contribution in [2.75, 3.05) is 20.1 Å². The number of nitrogens with zero attached hydrogens (tertiary/aromatic N) is 1. The molecule has 1 heterocycles. The number of alkyl halides is 3. The third-order valence-corrected chi connectivity index (χ3v) is 3.08. The van der Waals surface area contributed by atoms with Crippen LogP contribution in [0.3, 0.4) is 0 Å². The molecule has 0 aromatic rings. The Morgan fingerprint density at radius 1 is 1.27 bits per heavy atom. The maximum Gasteiger partial charge on any atom is 0.393 e. The lowest BCUT2D eigenvalue weighted by Gasteiger charge is -2.40. The Morgan fingerprint density at radius 3 is 2.27 bits per heavy atom. The Labute approximate surface area is 88.8 Å². The second-order valence-electron chi connectivity index (χ2n) is 4.51. The van der Waals surface area contributed by atoms with Gasteiger partial charge in [-0.2, -0.15) is 13.2 Å². The van der Waals surface area contributed by atoms with Gasteiger partial charge in [0, 0.05) is 25.2 Å². The van der Waals surface area contributed by atoms with Crippen molar-refractivity contribution < 1.29 is 13.2 Å². The number of hydrogen-bond acceptors (Lipinski definition) is 2. The molecule has 2 nitrogen and oxygen atoms in total. The van der Waals surface area contributed by atoms with Gasteiger partial charge in [-0.25, -0.2) is 0 Å². The quantitative estimate of drug-likeness (QED) is 0.770. The fraction of sp³-hybridized carbons (Fsp3) is 1.00. The number of likely N-dealkylation sites (N-methyl/N-ethyl adjacent to an activating group) is 1. The average molecular weight is 224 g/mol. The van der Waals surface area contributed by atoms with E-state index in [4.69, 9.17) is 0 Å². The molecule has 2 unspecified atom stereocenters. The maximum absolute atomic E-state index is 12.6. The van der Waals surface area contributed by atoms with Gasteiger partial charge in [0.2, 0.25) is 0 Å². The minimum Gasteiger partial charge on any atom is -0.316 e. The highest BCUT2D eigenvalue weighted by Crippen LogP contribution is 2.33. The smallest absolute Gasteiger partial charge is 0.316 e. The molecule has 0 spiro atoms. The van der Waals surface area contributed by atoms with E-state index in [-0.39, 0.29) is 25.0 Å².